The van der Waals surface area contributed by atoms with Crippen LogP contribution in [0, 0.1) is 0 Å². The van der Waals surface area contributed by atoms with Gasteiger partial charge in [-0.3, -0.25) is 0 Å². The number of carbonyl (C=O) groups excluding carboxylic acids is 1. The molecule has 0 radical (unpaired) electrons. The Balaban J connectivity index is 2.51. The molecule has 0 saturated heterocycles. The number of carbonyl (C=O) groups is 1. The van der Waals surface area contributed by atoms with Crippen molar-refractivity contribution in [2.75, 3.05) is 20.0 Å². The zero-order chi connectivity index (χ0) is 14.7. The highest BCUT2D eigenvalue weighted by Crippen LogP contribution is 2.28. The number of aromatic nitrogens is 2. The molecule has 0 atom stereocenters. The molecular weight excluding hydrogens is 258 g/mol. The lowest BCUT2D eigenvalue weighted by atomic mass is 10.0. The Bertz CT molecular complexity index is 633. The average Bonchev–Trinajstić information content (AvgIpc) is 2.46. The van der Waals surface area contributed by atoms with E-state index in [-0.39, 0.29) is 17.3 Å². The molecule has 0 saturated carbocycles. The van der Waals surface area contributed by atoms with E-state index in [2.05, 4.69) is 21.3 Å². The number of ether oxygens (including phenoxy) is 2. The molecule has 0 unspecified atom stereocenters. The molecule has 104 valence electrons. The fraction of sp³-hybridized carbons (Fsp3) is 0.214. The van der Waals surface area contributed by atoms with E-state index < -0.39 is 5.97 Å². The van der Waals surface area contributed by atoms with Gasteiger partial charge >= 0.3 is 5.97 Å². The van der Waals surface area contributed by atoms with Crippen LogP contribution in [0.15, 0.2) is 30.4 Å². The summed E-state index contributed by atoms with van der Waals surface area (Å²) in [6.07, 6.45) is 6.32. The topological polar surface area (TPSA) is 87.3 Å². The van der Waals surface area contributed by atoms with E-state index in [1.807, 2.05) is 18.2 Å². The maximum Gasteiger partial charge on any atom is 0.360 e. The molecule has 2 N–H and O–H groups in total. The molecule has 6 heteroatoms. The van der Waals surface area contributed by atoms with Gasteiger partial charge in [-0.05, 0) is 6.42 Å². The fourth-order valence-corrected chi connectivity index (χ4v) is 1.78. The predicted molar refractivity (Wildman–Crippen MR) is 75.2 cm³/mol. The molecule has 1 aromatic rings. The zero-order valence-corrected chi connectivity index (χ0v) is 11.3. The monoisotopic (exact) mass is 273 g/mol. The Hall–Kier alpha value is -2.63. The largest absolute Gasteiger partial charge is 0.491 e. The van der Waals surface area contributed by atoms with Crippen LogP contribution >= 0.6 is 0 Å². The Labute approximate surface area is 116 Å². The van der Waals surface area contributed by atoms with E-state index >= 15 is 0 Å². The molecule has 1 aromatic heterocycles. The molecule has 0 spiro atoms. The van der Waals surface area contributed by atoms with E-state index in [9.17, 15) is 4.79 Å². The van der Waals surface area contributed by atoms with Gasteiger partial charge < -0.3 is 15.2 Å². The molecule has 6 nitrogen and oxygen atoms in total. The van der Waals surface area contributed by atoms with Crippen molar-refractivity contribution >= 4 is 17.4 Å². The number of rotatable bonds is 3. The van der Waals surface area contributed by atoms with Gasteiger partial charge in [0.1, 0.15) is 0 Å². The minimum atomic E-state index is -0.623. The second-order valence-corrected chi connectivity index (χ2v) is 4.16. The van der Waals surface area contributed by atoms with Crippen LogP contribution < -0.4 is 10.5 Å². The standard InChI is InChI=1S/C14H15N3O3/c1-8-4-6-9(7-5-8)13-16-10(14(18)20-3)11(19-2)12(15)17-13/h4,6-7H,1,5H2,2-3H3,(H2,15,16,17). The Morgan fingerprint density at radius 2 is 2.10 bits per heavy atom. The first-order chi connectivity index (χ1) is 9.56. The zero-order valence-electron chi connectivity index (χ0n) is 11.3. The van der Waals surface area contributed by atoms with E-state index in [0.717, 1.165) is 11.1 Å². The summed E-state index contributed by atoms with van der Waals surface area (Å²) >= 11 is 0. The van der Waals surface area contributed by atoms with Crippen molar-refractivity contribution in [3.63, 3.8) is 0 Å². The van der Waals surface area contributed by atoms with Gasteiger partial charge in [-0.2, -0.15) is 0 Å². The normalized spacial score (nSPS) is 13.9. The Kier molecular flexibility index (Phi) is 3.84. The number of nitrogen functional groups attached to an aromatic ring is 1. The third-order valence-electron chi connectivity index (χ3n) is 2.82. The number of nitrogens with zero attached hydrogens (tertiary/aromatic N) is 2. The first-order valence-electron chi connectivity index (χ1n) is 5.93. The van der Waals surface area contributed by atoms with Gasteiger partial charge in [-0.25, -0.2) is 14.8 Å². The number of anilines is 1. The van der Waals surface area contributed by atoms with E-state index in [4.69, 9.17) is 10.5 Å². The van der Waals surface area contributed by atoms with E-state index in [0.29, 0.717) is 12.2 Å². The van der Waals surface area contributed by atoms with Crippen molar-refractivity contribution in [2.45, 2.75) is 6.42 Å². The van der Waals surface area contributed by atoms with Crippen molar-refractivity contribution in [1.29, 1.82) is 0 Å². The van der Waals surface area contributed by atoms with Crippen LogP contribution in [0.4, 0.5) is 5.82 Å². The molecule has 1 heterocycles. The molecule has 0 bridgehead atoms. The van der Waals surface area contributed by atoms with Crippen LogP contribution in [0.3, 0.4) is 0 Å². The predicted octanol–water partition coefficient (Wildman–Crippen LogP) is 1.75. The first kappa shape index (κ1) is 13.8. The van der Waals surface area contributed by atoms with Gasteiger partial charge in [0.15, 0.2) is 23.1 Å². The Morgan fingerprint density at radius 3 is 2.65 bits per heavy atom. The van der Waals surface area contributed by atoms with E-state index in [1.54, 1.807) is 0 Å². The summed E-state index contributed by atoms with van der Waals surface area (Å²) in [5.41, 5.74) is 7.58. The van der Waals surface area contributed by atoms with E-state index in [1.165, 1.54) is 14.2 Å². The SMILES string of the molecule is C=C1C=CC(c2nc(N)c(OC)c(C(=O)OC)n2)=CC1. The minimum absolute atomic E-state index is 0.0104. The number of esters is 1. The molecular formula is C14H15N3O3. The third-order valence-corrected chi connectivity index (χ3v) is 2.82. The first-order valence-corrected chi connectivity index (χ1v) is 5.93. The summed E-state index contributed by atoms with van der Waals surface area (Å²) in [5, 5.41) is 0. The summed E-state index contributed by atoms with van der Waals surface area (Å²) in [7, 11) is 2.66. The third kappa shape index (κ3) is 2.54. The summed E-state index contributed by atoms with van der Waals surface area (Å²) < 4.78 is 9.73. The molecule has 0 aliphatic heterocycles. The van der Waals surface area contributed by atoms with Crippen molar-refractivity contribution in [2.24, 2.45) is 0 Å². The summed E-state index contributed by atoms with van der Waals surface area (Å²) in [4.78, 5) is 20.1. The molecule has 0 amide bonds. The highest BCUT2D eigenvalue weighted by molar-refractivity contribution is 5.92. The smallest absolute Gasteiger partial charge is 0.360 e. The highest BCUT2D eigenvalue weighted by Gasteiger charge is 2.21. The van der Waals surface area contributed by atoms with Crippen LogP contribution in [0.25, 0.3) is 5.57 Å². The van der Waals surface area contributed by atoms with Crippen molar-refractivity contribution in [1.82, 2.24) is 9.97 Å². The van der Waals surface area contributed by atoms with Gasteiger partial charge in [-0.1, -0.05) is 30.4 Å². The number of hydrogen-bond donors (Lipinski definition) is 1. The fourth-order valence-electron chi connectivity index (χ4n) is 1.78. The number of methoxy groups -OCH3 is 2. The van der Waals surface area contributed by atoms with Gasteiger partial charge in [0.05, 0.1) is 14.2 Å². The second-order valence-electron chi connectivity index (χ2n) is 4.16. The maximum atomic E-state index is 11.7. The summed E-state index contributed by atoms with van der Waals surface area (Å²) in [6, 6.07) is 0. The summed E-state index contributed by atoms with van der Waals surface area (Å²) in [5.74, 6) is -0.0588. The molecule has 1 aliphatic rings. The molecule has 2 rings (SSSR count). The minimum Gasteiger partial charge on any atom is -0.491 e. The number of hydrogen-bond acceptors (Lipinski definition) is 6. The lowest BCUT2D eigenvalue weighted by molar-refractivity contribution is 0.0589. The average molecular weight is 273 g/mol. The van der Waals surface area contributed by atoms with Gasteiger partial charge in [0.2, 0.25) is 0 Å². The van der Waals surface area contributed by atoms with Gasteiger partial charge in [0.25, 0.3) is 0 Å². The summed E-state index contributed by atoms with van der Waals surface area (Å²) in [6.45, 7) is 3.86. The maximum absolute atomic E-state index is 11.7. The molecule has 20 heavy (non-hydrogen) atoms. The van der Waals surface area contributed by atoms with Crippen LogP contribution in [0.5, 0.6) is 5.75 Å². The van der Waals surface area contributed by atoms with Gasteiger partial charge in [-0.15, -0.1) is 0 Å². The van der Waals surface area contributed by atoms with Crippen LogP contribution in [0.2, 0.25) is 0 Å². The number of allylic oxidation sites excluding steroid dienone is 5. The van der Waals surface area contributed by atoms with Crippen LogP contribution in [0.1, 0.15) is 22.7 Å². The van der Waals surface area contributed by atoms with Crippen molar-refractivity contribution in [3.05, 3.63) is 41.9 Å². The van der Waals surface area contributed by atoms with Gasteiger partial charge in [0, 0.05) is 5.57 Å². The quantitative estimate of drug-likeness (QED) is 0.844. The van der Waals surface area contributed by atoms with Crippen LogP contribution in [-0.4, -0.2) is 30.2 Å². The van der Waals surface area contributed by atoms with Crippen molar-refractivity contribution in [3.8, 4) is 5.75 Å². The lowest BCUT2D eigenvalue weighted by Crippen LogP contribution is -2.13. The van der Waals surface area contributed by atoms with Crippen molar-refractivity contribution < 1.29 is 14.3 Å². The molecule has 0 aromatic carbocycles. The second kappa shape index (κ2) is 5.56. The number of nitrogens with two attached hydrogens (primary N) is 1. The molecule has 1 aliphatic carbocycles. The van der Waals surface area contributed by atoms with Crippen LogP contribution in [-0.2, 0) is 4.74 Å². The molecule has 0 fully saturated rings. The highest BCUT2D eigenvalue weighted by atomic mass is 16.5. The Morgan fingerprint density at radius 1 is 1.35 bits per heavy atom. The lowest BCUT2D eigenvalue weighted by Gasteiger charge is -2.12.